The molecule has 0 aromatic heterocycles. The van der Waals surface area contributed by atoms with Crippen molar-refractivity contribution in [3.8, 4) is 0 Å². The minimum atomic E-state index is -3.32. The van der Waals surface area contributed by atoms with Gasteiger partial charge in [0.1, 0.15) is 5.78 Å². The maximum absolute atomic E-state index is 15.0. The molecular weight excluding hydrogens is 415 g/mol. The molecule has 3 aromatic carbocycles. The van der Waals surface area contributed by atoms with Crippen molar-refractivity contribution in [2.24, 2.45) is 0 Å². The number of rotatable bonds is 8. The molecule has 0 bridgehead atoms. The van der Waals surface area contributed by atoms with Crippen LogP contribution < -0.4 is 15.5 Å². The number of para-hydroxylation sites is 1. The number of nitrogens with zero attached hydrogens (tertiary/aromatic N) is 1. The molecule has 1 N–H and O–H groups in total. The van der Waals surface area contributed by atoms with Gasteiger partial charge in [-0.25, -0.2) is 0 Å². The molecule has 4 nitrogen and oxygen atoms in total. The van der Waals surface area contributed by atoms with Gasteiger partial charge in [-0.05, 0) is 54.8 Å². The highest BCUT2D eigenvalue weighted by Crippen LogP contribution is 2.60. The summed E-state index contributed by atoms with van der Waals surface area (Å²) >= 11 is 0. The van der Waals surface area contributed by atoms with Crippen LogP contribution in [0.15, 0.2) is 84.9 Å². The highest BCUT2D eigenvalue weighted by Gasteiger charge is 2.40. The highest BCUT2D eigenvalue weighted by atomic mass is 31.2. The summed E-state index contributed by atoms with van der Waals surface area (Å²) in [6.45, 7) is 0. The van der Waals surface area contributed by atoms with E-state index in [1.54, 1.807) is 0 Å². The zero-order chi connectivity index (χ0) is 22.4. The fraction of sp³-hybridized carbons (Fsp3) is 0.333. The number of anilines is 2. The van der Waals surface area contributed by atoms with E-state index in [4.69, 9.17) is 4.52 Å². The zero-order valence-electron chi connectivity index (χ0n) is 19.0. The fourth-order valence-electron chi connectivity index (χ4n) is 4.31. The van der Waals surface area contributed by atoms with Gasteiger partial charge in [0.25, 0.3) is 7.37 Å². The van der Waals surface area contributed by atoms with E-state index in [9.17, 15) is 4.57 Å². The summed E-state index contributed by atoms with van der Waals surface area (Å²) in [6, 6.07) is 28.0. The Morgan fingerprint density at radius 3 is 2.03 bits per heavy atom. The van der Waals surface area contributed by atoms with Gasteiger partial charge in [-0.3, -0.25) is 4.57 Å². The Bertz CT molecular complexity index is 1020. The summed E-state index contributed by atoms with van der Waals surface area (Å²) < 4.78 is 21.6. The van der Waals surface area contributed by atoms with Crippen molar-refractivity contribution < 1.29 is 9.09 Å². The van der Waals surface area contributed by atoms with Gasteiger partial charge in [0, 0.05) is 30.8 Å². The van der Waals surface area contributed by atoms with Gasteiger partial charge in [-0.15, -0.1) is 0 Å². The van der Waals surface area contributed by atoms with E-state index in [2.05, 4.69) is 5.32 Å². The van der Waals surface area contributed by atoms with Crippen LogP contribution in [-0.4, -0.2) is 20.2 Å². The molecule has 3 aromatic rings. The van der Waals surface area contributed by atoms with Crippen LogP contribution in [0, 0.1) is 0 Å². The Morgan fingerprint density at radius 1 is 0.844 bits per heavy atom. The molecule has 0 aliphatic heterocycles. The zero-order valence-corrected chi connectivity index (χ0v) is 19.9. The van der Waals surface area contributed by atoms with E-state index < -0.39 is 13.2 Å². The van der Waals surface area contributed by atoms with E-state index in [1.165, 1.54) is 6.42 Å². The van der Waals surface area contributed by atoms with E-state index in [1.807, 2.05) is 104 Å². The molecule has 0 heterocycles. The first-order chi connectivity index (χ1) is 15.6. The Kier molecular flexibility index (Phi) is 7.34. The molecule has 2 atom stereocenters. The van der Waals surface area contributed by atoms with E-state index in [-0.39, 0.29) is 6.10 Å². The highest BCUT2D eigenvalue weighted by molar-refractivity contribution is 7.67. The maximum Gasteiger partial charge on any atom is 0.258 e. The lowest BCUT2D eigenvalue weighted by atomic mass is 9.98. The van der Waals surface area contributed by atoms with Crippen molar-refractivity contribution in [2.45, 2.75) is 44.0 Å². The average Bonchev–Trinajstić information content (AvgIpc) is 2.84. The first-order valence-electron chi connectivity index (χ1n) is 11.5. The van der Waals surface area contributed by atoms with Crippen molar-refractivity contribution in [3.63, 3.8) is 0 Å². The fourth-order valence-corrected chi connectivity index (χ4v) is 6.96. The first kappa shape index (κ1) is 22.6. The van der Waals surface area contributed by atoms with Crippen LogP contribution in [0.1, 0.15) is 43.5 Å². The minimum Gasteiger partial charge on any atom is -0.378 e. The maximum atomic E-state index is 15.0. The third-order valence-corrected chi connectivity index (χ3v) is 8.85. The lowest BCUT2D eigenvalue weighted by molar-refractivity contribution is 0.159. The normalized spacial score (nSPS) is 17.3. The van der Waals surface area contributed by atoms with Crippen LogP contribution in [0.4, 0.5) is 11.4 Å². The van der Waals surface area contributed by atoms with Gasteiger partial charge in [-0.2, -0.15) is 0 Å². The Morgan fingerprint density at radius 2 is 1.44 bits per heavy atom. The lowest BCUT2D eigenvalue weighted by Gasteiger charge is -2.34. The van der Waals surface area contributed by atoms with Gasteiger partial charge in [-0.1, -0.05) is 67.8 Å². The monoisotopic (exact) mass is 448 g/mol. The second-order valence-electron chi connectivity index (χ2n) is 8.70. The van der Waals surface area contributed by atoms with Gasteiger partial charge in [0.15, 0.2) is 0 Å². The molecule has 1 aliphatic carbocycles. The van der Waals surface area contributed by atoms with E-state index in [0.717, 1.165) is 47.9 Å². The molecule has 4 rings (SSSR count). The van der Waals surface area contributed by atoms with Crippen molar-refractivity contribution in [2.75, 3.05) is 24.3 Å². The molecule has 168 valence electrons. The standard InChI is InChI=1S/C27H33N2O2P/c1-29(2)24-18-20-26(21-19-24)32(30,31-25-16-10-5-11-17-25)27(22-12-6-3-7-13-22)28-23-14-8-4-9-15-23/h3-4,6-9,12-15,18-21,25,27-28H,5,10-11,16-17H2,1-2H3. The summed E-state index contributed by atoms with van der Waals surface area (Å²) in [7, 11) is 0.704. The second kappa shape index (κ2) is 10.4. The smallest absolute Gasteiger partial charge is 0.258 e. The van der Waals surface area contributed by atoms with E-state index >= 15 is 0 Å². The number of hydrogen-bond donors (Lipinski definition) is 1. The summed E-state index contributed by atoms with van der Waals surface area (Å²) in [6.07, 6.45) is 5.44. The van der Waals surface area contributed by atoms with Crippen LogP contribution in [0.3, 0.4) is 0 Å². The largest absolute Gasteiger partial charge is 0.378 e. The predicted molar refractivity (Wildman–Crippen MR) is 135 cm³/mol. The Balaban J connectivity index is 1.79. The summed E-state index contributed by atoms with van der Waals surface area (Å²) in [4.78, 5) is 2.05. The van der Waals surface area contributed by atoms with Crippen LogP contribution in [0.5, 0.6) is 0 Å². The molecule has 2 unspecified atom stereocenters. The molecule has 0 amide bonds. The second-order valence-corrected chi connectivity index (χ2v) is 11.1. The molecule has 1 fully saturated rings. The van der Waals surface area contributed by atoms with E-state index in [0.29, 0.717) is 0 Å². The van der Waals surface area contributed by atoms with Crippen molar-refractivity contribution in [1.82, 2.24) is 0 Å². The molecule has 5 heteroatoms. The van der Waals surface area contributed by atoms with Gasteiger partial charge in [0.05, 0.1) is 6.10 Å². The van der Waals surface area contributed by atoms with Gasteiger partial charge in [0.2, 0.25) is 0 Å². The van der Waals surface area contributed by atoms with Crippen LogP contribution in [0.25, 0.3) is 0 Å². The Labute approximate surface area is 192 Å². The average molecular weight is 449 g/mol. The van der Waals surface area contributed by atoms with Gasteiger partial charge < -0.3 is 14.7 Å². The lowest BCUT2D eigenvalue weighted by Crippen LogP contribution is -2.25. The molecule has 1 saturated carbocycles. The topological polar surface area (TPSA) is 41.6 Å². The van der Waals surface area contributed by atoms with Crippen LogP contribution in [0.2, 0.25) is 0 Å². The Hall–Kier alpha value is -2.55. The third-order valence-electron chi connectivity index (χ3n) is 6.12. The summed E-state index contributed by atoms with van der Waals surface area (Å²) in [5, 5.41) is 4.32. The molecule has 0 saturated heterocycles. The molecule has 0 spiro atoms. The molecule has 32 heavy (non-hydrogen) atoms. The van der Waals surface area contributed by atoms with Crippen LogP contribution >= 0.6 is 7.37 Å². The summed E-state index contributed by atoms with van der Waals surface area (Å²) in [5.41, 5.74) is 2.97. The summed E-state index contributed by atoms with van der Waals surface area (Å²) in [5.74, 6) is -0.474. The molecule has 1 aliphatic rings. The number of benzene rings is 3. The predicted octanol–water partition coefficient (Wildman–Crippen LogP) is 6.82. The molecular formula is C27H33N2O2P. The SMILES string of the molecule is CN(C)c1ccc(P(=O)(OC2CCCCC2)C(Nc2ccccc2)c2ccccc2)cc1. The number of hydrogen-bond acceptors (Lipinski definition) is 4. The van der Waals surface area contributed by atoms with Crippen LogP contribution in [-0.2, 0) is 9.09 Å². The van der Waals surface area contributed by atoms with Crippen molar-refractivity contribution in [1.29, 1.82) is 0 Å². The van der Waals surface area contributed by atoms with Crippen molar-refractivity contribution in [3.05, 3.63) is 90.5 Å². The first-order valence-corrected chi connectivity index (χ1v) is 13.2. The minimum absolute atomic E-state index is 0.0203. The quantitative estimate of drug-likeness (QED) is 0.384. The molecule has 0 radical (unpaired) electrons. The number of nitrogens with one attached hydrogen (secondary N) is 1. The van der Waals surface area contributed by atoms with Crippen molar-refractivity contribution >= 4 is 24.0 Å². The third kappa shape index (κ3) is 5.26. The van der Waals surface area contributed by atoms with Gasteiger partial charge >= 0.3 is 0 Å².